The van der Waals surface area contributed by atoms with Gasteiger partial charge in [-0.15, -0.1) is 0 Å². The number of carbonyl (C=O) groups excluding carboxylic acids is 2. The fourth-order valence-corrected chi connectivity index (χ4v) is 2.14. The van der Waals surface area contributed by atoms with Gasteiger partial charge in [0.2, 0.25) is 5.91 Å². The molecule has 7 nitrogen and oxygen atoms in total. The molecule has 25 heavy (non-hydrogen) atoms. The number of nitrogens with zero attached hydrogens (tertiary/aromatic N) is 2. The molecule has 2 N–H and O–H groups in total. The number of carbonyl (C=O) groups is 2. The molecule has 0 radical (unpaired) electrons. The second kappa shape index (κ2) is 8.32. The molecule has 1 aromatic carbocycles. The molecular weight excluding hydrogens is 320 g/mol. The van der Waals surface area contributed by atoms with E-state index < -0.39 is 11.7 Å². The summed E-state index contributed by atoms with van der Waals surface area (Å²) in [5.74, 6) is -0.174. The molecule has 1 aromatic heterocycles. The van der Waals surface area contributed by atoms with Crippen LogP contribution in [0.5, 0.6) is 0 Å². The lowest BCUT2D eigenvalue weighted by atomic mass is 10.2. The van der Waals surface area contributed by atoms with E-state index in [1.165, 1.54) is 0 Å². The molecule has 2 rings (SSSR count). The van der Waals surface area contributed by atoms with E-state index in [1.54, 1.807) is 27.0 Å². The highest BCUT2D eigenvalue weighted by Gasteiger charge is 2.15. The minimum Gasteiger partial charge on any atom is -0.444 e. The van der Waals surface area contributed by atoms with Gasteiger partial charge >= 0.3 is 6.09 Å². The summed E-state index contributed by atoms with van der Waals surface area (Å²) in [7, 11) is 0. The zero-order chi connectivity index (χ0) is 18.3. The molecule has 0 unspecified atom stereocenters. The molecule has 0 aliphatic carbocycles. The number of ether oxygens (including phenoxy) is 1. The average Bonchev–Trinajstić information content (AvgIpc) is 2.98. The van der Waals surface area contributed by atoms with E-state index in [4.69, 9.17) is 4.74 Å². The smallest absolute Gasteiger partial charge is 0.407 e. The van der Waals surface area contributed by atoms with Crippen LogP contribution < -0.4 is 10.6 Å². The van der Waals surface area contributed by atoms with Crippen molar-refractivity contribution in [3.05, 3.63) is 48.3 Å². The zero-order valence-corrected chi connectivity index (χ0v) is 14.8. The standard InChI is InChI=1S/C18H24N4O3/c1-18(2,3)25-17(24)19-10-8-16(23)21-15-7-4-6-14(12-15)13-22-11-5-9-20-22/h4-7,9,11-12H,8,10,13H2,1-3H3,(H,19,24)(H,21,23). The Morgan fingerprint density at radius 3 is 2.72 bits per heavy atom. The summed E-state index contributed by atoms with van der Waals surface area (Å²) in [6.07, 6.45) is 3.25. The van der Waals surface area contributed by atoms with Gasteiger partial charge in [0.05, 0.1) is 6.54 Å². The molecule has 0 aliphatic heterocycles. The second-order valence-corrected chi connectivity index (χ2v) is 6.63. The van der Waals surface area contributed by atoms with Crippen molar-refractivity contribution < 1.29 is 14.3 Å². The Labute approximate surface area is 147 Å². The normalized spacial score (nSPS) is 11.0. The topological polar surface area (TPSA) is 85.2 Å². The Kier molecular flexibility index (Phi) is 6.16. The highest BCUT2D eigenvalue weighted by atomic mass is 16.6. The SMILES string of the molecule is CC(C)(C)OC(=O)NCCC(=O)Nc1cccc(Cn2cccn2)c1. The van der Waals surface area contributed by atoms with Gasteiger partial charge in [-0.2, -0.15) is 5.10 Å². The van der Waals surface area contributed by atoms with E-state index in [-0.39, 0.29) is 18.9 Å². The number of hydrogen-bond donors (Lipinski definition) is 2. The number of benzene rings is 1. The highest BCUT2D eigenvalue weighted by molar-refractivity contribution is 5.91. The van der Waals surface area contributed by atoms with Crippen LogP contribution in [-0.2, 0) is 16.1 Å². The van der Waals surface area contributed by atoms with Crippen molar-refractivity contribution in [2.45, 2.75) is 39.3 Å². The van der Waals surface area contributed by atoms with Crippen LogP contribution in [0.1, 0.15) is 32.8 Å². The number of rotatable bonds is 6. The van der Waals surface area contributed by atoms with Crippen molar-refractivity contribution >= 4 is 17.7 Å². The first-order chi connectivity index (χ1) is 11.8. The number of amides is 2. The first kappa shape index (κ1) is 18.5. The number of anilines is 1. The lowest BCUT2D eigenvalue weighted by Crippen LogP contribution is -2.34. The monoisotopic (exact) mass is 344 g/mol. The Balaban J connectivity index is 1.77. The van der Waals surface area contributed by atoms with Crippen molar-refractivity contribution in [2.75, 3.05) is 11.9 Å². The Hall–Kier alpha value is -2.83. The predicted molar refractivity (Wildman–Crippen MR) is 95.3 cm³/mol. The highest BCUT2D eigenvalue weighted by Crippen LogP contribution is 2.12. The number of hydrogen-bond acceptors (Lipinski definition) is 4. The molecule has 1 heterocycles. The number of alkyl carbamates (subject to hydrolysis) is 1. The second-order valence-electron chi connectivity index (χ2n) is 6.63. The molecule has 0 spiro atoms. The van der Waals surface area contributed by atoms with Gasteiger partial charge in [-0.05, 0) is 44.5 Å². The van der Waals surface area contributed by atoms with Gasteiger partial charge in [0.15, 0.2) is 0 Å². The fourth-order valence-electron chi connectivity index (χ4n) is 2.14. The molecular formula is C18H24N4O3. The van der Waals surface area contributed by atoms with Crippen molar-refractivity contribution in [2.24, 2.45) is 0 Å². The van der Waals surface area contributed by atoms with Crippen LogP contribution in [0.3, 0.4) is 0 Å². The van der Waals surface area contributed by atoms with E-state index in [0.717, 1.165) is 5.56 Å². The van der Waals surface area contributed by atoms with Crippen molar-refractivity contribution in [1.29, 1.82) is 0 Å². The van der Waals surface area contributed by atoms with Crippen LogP contribution >= 0.6 is 0 Å². The molecule has 2 amide bonds. The zero-order valence-electron chi connectivity index (χ0n) is 14.8. The van der Waals surface area contributed by atoms with E-state index in [9.17, 15) is 9.59 Å². The molecule has 0 saturated heterocycles. The van der Waals surface area contributed by atoms with Gasteiger partial charge in [-0.3, -0.25) is 9.48 Å². The van der Waals surface area contributed by atoms with Crippen LogP contribution in [0.2, 0.25) is 0 Å². The quantitative estimate of drug-likeness (QED) is 0.844. The molecule has 0 bridgehead atoms. The molecule has 7 heteroatoms. The summed E-state index contributed by atoms with van der Waals surface area (Å²) in [6.45, 7) is 6.21. The maximum Gasteiger partial charge on any atom is 0.407 e. The molecule has 134 valence electrons. The van der Waals surface area contributed by atoms with Gasteiger partial charge in [0, 0.05) is 31.0 Å². The van der Waals surface area contributed by atoms with Crippen molar-refractivity contribution in [1.82, 2.24) is 15.1 Å². The summed E-state index contributed by atoms with van der Waals surface area (Å²) in [5, 5.41) is 9.55. The largest absolute Gasteiger partial charge is 0.444 e. The molecule has 0 fully saturated rings. The summed E-state index contributed by atoms with van der Waals surface area (Å²) in [4.78, 5) is 23.5. The van der Waals surface area contributed by atoms with E-state index in [0.29, 0.717) is 12.2 Å². The van der Waals surface area contributed by atoms with Crippen molar-refractivity contribution in [3.63, 3.8) is 0 Å². The van der Waals surface area contributed by atoms with Crippen LogP contribution in [0, 0.1) is 0 Å². The maximum atomic E-state index is 12.0. The Morgan fingerprint density at radius 1 is 1.24 bits per heavy atom. The van der Waals surface area contributed by atoms with E-state index in [2.05, 4.69) is 15.7 Å². The Bertz CT molecular complexity index is 705. The minimum absolute atomic E-state index is 0.169. The summed E-state index contributed by atoms with van der Waals surface area (Å²) >= 11 is 0. The number of nitrogens with one attached hydrogen (secondary N) is 2. The Morgan fingerprint density at radius 2 is 2.04 bits per heavy atom. The van der Waals surface area contributed by atoms with E-state index in [1.807, 2.05) is 41.2 Å². The lowest BCUT2D eigenvalue weighted by Gasteiger charge is -2.19. The fraction of sp³-hybridized carbons (Fsp3) is 0.389. The van der Waals surface area contributed by atoms with Gasteiger partial charge in [0.25, 0.3) is 0 Å². The molecule has 0 aliphatic rings. The number of aromatic nitrogens is 2. The molecule has 0 saturated carbocycles. The van der Waals surface area contributed by atoms with Crippen LogP contribution in [0.15, 0.2) is 42.7 Å². The maximum absolute atomic E-state index is 12.0. The first-order valence-electron chi connectivity index (χ1n) is 8.15. The predicted octanol–water partition coefficient (Wildman–Crippen LogP) is 2.78. The van der Waals surface area contributed by atoms with Crippen molar-refractivity contribution in [3.8, 4) is 0 Å². The minimum atomic E-state index is -0.554. The first-order valence-corrected chi connectivity index (χ1v) is 8.15. The van der Waals surface area contributed by atoms with Gasteiger partial charge in [-0.25, -0.2) is 4.79 Å². The third kappa shape index (κ3) is 7.07. The van der Waals surface area contributed by atoms with Crippen LogP contribution in [0.25, 0.3) is 0 Å². The molecule has 0 atom stereocenters. The average molecular weight is 344 g/mol. The summed E-state index contributed by atoms with van der Waals surface area (Å²) < 4.78 is 6.92. The lowest BCUT2D eigenvalue weighted by molar-refractivity contribution is -0.116. The van der Waals surface area contributed by atoms with E-state index >= 15 is 0 Å². The van der Waals surface area contributed by atoms with Crippen LogP contribution in [-0.4, -0.2) is 33.9 Å². The summed E-state index contributed by atoms with van der Waals surface area (Å²) in [5.41, 5.74) is 1.20. The van der Waals surface area contributed by atoms with Gasteiger partial charge in [0.1, 0.15) is 5.60 Å². The van der Waals surface area contributed by atoms with Crippen LogP contribution in [0.4, 0.5) is 10.5 Å². The summed E-state index contributed by atoms with van der Waals surface area (Å²) in [6, 6.07) is 9.45. The third-order valence-electron chi connectivity index (χ3n) is 3.13. The molecule has 2 aromatic rings. The van der Waals surface area contributed by atoms with Gasteiger partial charge < -0.3 is 15.4 Å². The van der Waals surface area contributed by atoms with Gasteiger partial charge in [-0.1, -0.05) is 12.1 Å². The third-order valence-corrected chi connectivity index (χ3v) is 3.13.